The minimum absolute atomic E-state index is 0.0624. The Morgan fingerprint density at radius 1 is 0.944 bits per heavy atom. The Morgan fingerprint density at radius 3 is 2.33 bits per heavy atom. The number of hydrogen-bond acceptors (Lipinski definition) is 12. The number of carbonyl (C=O) groups excluding carboxylic acids is 3. The summed E-state index contributed by atoms with van der Waals surface area (Å²) in [5.41, 5.74) is 4.59. The average Bonchev–Trinajstić information content (AvgIpc) is 3.78. The summed E-state index contributed by atoms with van der Waals surface area (Å²) in [4.78, 5) is 43.7. The standard InChI is InChI=1S/C39H51N5O10/c1-39(2,3)34(42-37(47)50-5)35(46)43-44(21-26-11-15-29(16-12-26)52-23-27-8-6-7-18-40-27)22-32(45)31(20-25-9-13-28(49-4)14-10-25)41-38(48)54-33-24-53-36-30(33)17-19-51-36/h6-16,18,30-34,36,45H,17,19-24H2,1-5H3,(H,41,48)(H,42,47)(H,43,46)/t30-,31-,32-,33-,34?,36+/m0/s1. The minimum atomic E-state index is -1.22. The molecule has 54 heavy (non-hydrogen) atoms. The van der Waals surface area contributed by atoms with E-state index >= 15 is 0 Å². The number of nitrogens with one attached hydrogen (secondary N) is 3. The topological polar surface area (TPSA) is 179 Å². The molecule has 1 unspecified atom stereocenters. The average molecular weight is 750 g/mol. The van der Waals surface area contributed by atoms with Gasteiger partial charge in [-0.3, -0.25) is 15.2 Å². The van der Waals surface area contributed by atoms with Crippen molar-refractivity contribution in [2.45, 2.75) is 77.3 Å². The van der Waals surface area contributed by atoms with Crippen LogP contribution in [0.2, 0.25) is 0 Å². The van der Waals surface area contributed by atoms with Crippen LogP contribution in [0.15, 0.2) is 72.9 Å². The van der Waals surface area contributed by atoms with Gasteiger partial charge in [-0.1, -0.05) is 51.1 Å². The van der Waals surface area contributed by atoms with E-state index in [1.54, 1.807) is 30.4 Å². The smallest absolute Gasteiger partial charge is 0.407 e. The number of aromatic nitrogens is 1. The van der Waals surface area contributed by atoms with Gasteiger partial charge in [-0.05, 0) is 65.8 Å². The Balaban J connectivity index is 1.34. The van der Waals surface area contributed by atoms with Gasteiger partial charge in [0, 0.05) is 19.3 Å². The van der Waals surface area contributed by atoms with Crippen molar-refractivity contribution in [3.05, 3.63) is 89.7 Å². The Labute approximate surface area is 315 Å². The molecule has 2 aliphatic heterocycles. The third-order valence-corrected chi connectivity index (χ3v) is 9.29. The van der Waals surface area contributed by atoms with Crippen LogP contribution in [-0.2, 0) is 43.3 Å². The van der Waals surface area contributed by atoms with Gasteiger partial charge >= 0.3 is 12.2 Å². The first-order chi connectivity index (χ1) is 25.9. The van der Waals surface area contributed by atoms with Crippen LogP contribution in [0.25, 0.3) is 0 Å². The molecule has 2 aromatic carbocycles. The third-order valence-electron chi connectivity index (χ3n) is 9.29. The number of pyridine rings is 1. The van der Waals surface area contributed by atoms with Crippen molar-refractivity contribution in [2.75, 3.05) is 34.0 Å². The van der Waals surface area contributed by atoms with E-state index in [4.69, 9.17) is 28.4 Å². The summed E-state index contributed by atoms with van der Waals surface area (Å²) in [6.07, 6.45) is -0.919. The number of hydrogen-bond donors (Lipinski definition) is 4. The number of ether oxygens (including phenoxy) is 6. The van der Waals surface area contributed by atoms with Crippen molar-refractivity contribution >= 4 is 18.1 Å². The SMILES string of the molecule is COC(=O)NC(C(=O)NN(Cc1ccc(OCc2ccccn2)cc1)C[C@H](O)[C@H](Cc1ccc(OC)cc1)NC(=O)O[C@H]1CO[C@H]2OCC[C@H]21)C(C)(C)C. The van der Waals surface area contributed by atoms with Crippen LogP contribution in [0.5, 0.6) is 11.5 Å². The number of aliphatic hydroxyl groups is 1. The largest absolute Gasteiger partial charge is 0.497 e. The van der Waals surface area contributed by atoms with Crippen molar-refractivity contribution in [1.82, 2.24) is 26.1 Å². The van der Waals surface area contributed by atoms with E-state index in [1.807, 2.05) is 75.4 Å². The summed E-state index contributed by atoms with van der Waals surface area (Å²) >= 11 is 0. The van der Waals surface area contributed by atoms with Gasteiger partial charge in [0.05, 0.1) is 51.2 Å². The normalized spacial score (nSPS) is 19.6. The Morgan fingerprint density at radius 2 is 1.67 bits per heavy atom. The second-order valence-corrected chi connectivity index (χ2v) is 14.4. The molecular weight excluding hydrogens is 698 g/mol. The predicted molar refractivity (Wildman–Crippen MR) is 196 cm³/mol. The molecule has 15 nitrogen and oxygen atoms in total. The molecule has 0 spiro atoms. The molecule has 5 rings (SSSR count). The fraction of sp³-hybridized carbons (Fsp3) is 0.487. The maximum atomic E-state index is 13.8. The van der Waals surface area contributed by atoms with Crippen molar-refractivity contribution < 1.29 is 47.9 Å². The number of amides is 3. The van der Waals surface area contributed by atoms with Crippen LogP contribution in [0, 0.1) is 11.3 Å². The summed E-state index contributed by atoms with van der Waals surface area (Å²) in [5, 5.41) is 18.9. The lowest BCUT2D eigenvalue weighted by molar-refractivity contribution is -0.131. The number of fused-ring (bicyclic) bond motifs is 1. The molecule has 0 bridgehead atoms. The maximum absolute atomic E-state index is 13.8. The molecule has 6 atom stereocenters. The van der Waals surface area contributed by atoms with E-state index in [0.717, 1.165) is 16.8 Å². The zero-order chi connectivity index (χ0) is 38.7. The molecule has 3 amide bonds. The van der Waals surface area contributed by atoms with Crippen LogP contribution in [0.3, 0.4) is 0 Å². The Kier molecular flexibility index (Phi) is 14.1. The van der Waals surface area contributed by atoms with Gasteiger partial charge in [-0.2, -0.15) is 0 Å². The van der Waals surface area contributed by atoms with Crippen LogP contribution in [0.4, 0.5) is 9.59 Å². The fourth-order valence-electron chi connectivity index (χ4n) is 6.30. The zero-order valence-corrected chi connectivity index (χ0v) is 31.4. The monoisotopic (exact) mass is 749 g/mol. The first-order valence-electron chi connectivity index (χ1n) is 17.9. The van der Waals surface area contributed by atoms with E-state index in [-0.39, 0.29) is 32.0 Å². The first-order valence-corrected chi connectivity index (χ1v) is 17.9. The summed E-state index contributed by atoms with van der Waals surface area (Å²) in [6.45, 7) is 6.51. The number of alkyl carbamates (subject to hydrolysis) is 2. The molecule has 15 heteroatoms. The molecule has 2 fully saturated rings. The maximum Gasteiger partial charge on any atom is 0.407 e. The number of benzene rings is 2. The highest BCUT2D eigenvalue weighted by molar-refractivity contribution is 5.86. The van der Waals surface area contributed by atoms with Crippen LogP contribution < -0.4 is 25.5 Å². The van der Waals surface area contributed by atoms with Gasteiger partial charge < -0.3 is 44.2 Å². The molecule has 0 radical (unpaired) electrons. The molecule has 3 aromatic rings. The second-order valence-electron chi connectivity index (χ2n) is 14.4. The van der Waals surface area contributed by atoms with Crippen LogP contribution in [-0.4, -0.2) is 97.8 Å². The summed E-state index contributed by atoms with van der Waals surface area (Å²) in [5.74, 6) is 0.700. The summed E-state index contributed by atoms with van der Waals surface area (Å²) in [6, 6.07) is 18.4. The molecule has 3 heterocycles. The molecule has 2 aliphatic rings. The van der Waals surface area contributed by atoms with Gasteiger partial charge in [0.25, 0.3) is 5.91 Å². The van der Waals surface area contributed by atoms with Crippen LogP contribution >= 0.6 is 0 Å². The van der Waals surface area contributed by atoms with Gasteiger partial charge in [-0.15, -0.1) is 0 Å². The van der Waals surface area contributed by atoms with E-state index in [0.29, 0.717) is 31.1 Å². The molecule has 0 saturated carbocycles. The van der Waals surface area contributed by atoms with E-state index < -0.39 is 54.1 Å². The van der Waals surface area contributed by atoms with Gasteiger partial charge in [-0.25, -0.2) is 14.6 Å². The molecule has 0 aliphatic carbocycles. The lowest BCUT2D eigenvalue weighted by Gasteiger charge is -2.34. The number of nitrogens with zero attached hydrogens (tertiary/aromatic N) is 2. The van der Waals surface area contributed by atoms with Gasteiger partial charge in [0.1, 0.15) is 30.3 Å². The number of hydrazine groups is 1. The predicted octanol–water partition coefficient (Wildman–Crippen LogP) is 3.73. The highest BCUT2D eigenvalue weighted by Crippen LogP contribution is 2.33. The zero-order valence-electron chi connectivity index (χ0n) is 31.4. The Bertz CT molecular complexity index is 1650. The highest BCUT2D eigenvalue weighted by atomic mass is 16.7. The lowest BCUT2D eigenvalue weighted by Crippen LogP contribution is -2.59. The lowest BCUT2D eigenvalue weighted by atomic mass is 9.86. The summed E-state index contributed by atoms with van der Waals surface area (Å²) < 4.78 is 33.0. The quantitative estimate of drug-likeness (QED) is 0.156. The van der Waals surface area contributed by atoms with E-state index in [2.05, 4.69) is 21.0 Å². The number of carbonyl (C=O) groups is 3. The summed E-state index contributed by atoms with van der Waals surface area (Å²) in [7, 11) is 2.79. The van der Waals surface area contributed by atoms with Crippen LogP contribution in [0.1, 0.15) is 44.0 Å². The first kappa shape index (κ1) is 40.2. The third kappa shape index (κ3) is 11.5. The van der Waals surface area contributed by atoms with E-state index in [9.17, 15) is 19.5 Å². The van der Waals surface area contributed by atoms with Crippen molar-refractivity contribution in [1.29, 1.82) is 0 Å². The highest BCUT2D eigenvalue weighted by Gasteiger charge is 2.44. The number of rotatable bonds is 16. The molecule has 2 saturated heterocycles. The van der Waals surface area contributed by atoms with E-state index in [1.165, 1.54) is 7.11 Å². The van der Waals surface area contributed by atoms with Gasteiger partial charge in [0.15, 0.2) is 6.29 Å². The molecule has 1 aromatic heterocycles. The Hall–Kier alpha value is -4.96. The van der Waals surface area contributed by atoms with Crippen molar-refractivity contribution in [2.24, 2.45) is 11.3 Å². The number of methoxy groups -OCH3 is 2. The molecular formula is C39H51N5O10. The fourth-order valence-corrected chi connectivity index (χ4v) is 6.30. The number of aliphatic hydroxyl groups excluding tert-OH is 1. The van der Waals surface area contributed by atoms with Gasteiger partial charge in [0.2, 0.25) is 0 Å². The van der Waals surface area contributed by atoms with Crippen molar-refractivity contribution in [3.8, 4) is 11.5 Å². The second kappa shape index (κ2) is 18.9. The molecule has 4 N–H and O–H groups in total. The molecule has 292 valence electrons. The van der Waals surface area contributed by atoms with Crippen molar-refractivity contribution in [3.63, 3.8) is 0 Å². The minimum Gasteiger partial charge on any atom is -0.497 e.